The Bertz CT molecular complexity index is 680. The second-order valence-electron chi connectivity index (χ2n) is 4.07. The van der Waals surface area contributed by atoms with E-state index in [1.807, 2.05) is 41.2 Å². The average Bonchev–Trinajstić information content (AvgIpc) is 2.98. The summed E-state index contributed by atoms with van der Waals surface area (Å²) in [5, 5.41) is 0. The Labute approximate surface area is 104 Å². The van der Waals surface area contributed by atoms with Crippen LogP contribution in [0.3, 0.4) is 0 Å². The van der Waals surface area contributed by atoms with Crippen LogP contribution in [0.5, 0.6) is 0 Å². The summed E-state index contributed by atoms with van der Waals surface area (Å²) in [5.74, 6) is -0.423. The molecule has 1 aliphatic rings. The number of nitrogens with two attached hydrogens (primary N) is 1. The third-order valence-corrected chi connectivity index (χ3v) is 2.84. The minimum absolute atomic E-state index is 0.423. The van der Waals surface area contributed by atoms with Crippen LogP contribution in [0.25, 0.3) is 11.8 Å². The first-order chi connectivity index (χ1) is 8.74. The minimum Gasteiger partial charge on any atom is -0.366 e. The Balaban J connectivity index is 1.99. The van der Waals surface area contributed by atoms with Crippen molar-refractivity contribution in [3.05, 3.63) is 53.9 Å². The van der Waals surface area contributed by atoms with Gasteiger partial charge in [-0.1, -0.05) is 18.2 Å². The Morgan fingerprint density at radius 2 is 2.11 bits per heavy atom. The summed E-state index contributed by atoms with van der Waals surface area (Å²) in [6.45, 7) is 0. The number of rotatable bonds is 2. The monoisotopic (exact) mass is 237 g/mol. The normalized spacial score (nSPS) is 15.0. The first-order valence-electron chi connectivity index (χ1n) is 5.56. The highest BCUT2D eigenvalue weighted by Crippen LogP contribution is 2.31. The van der Waals surface area contributed by atoms with E-state index in [-0.39, 0.29) is 0 Å². The van der Waals surface area contributed by atoms with Gasteiger partial charge in [-0.05, 0) is 12.1 Å². The van der Waals surface area contributed by atoms with Gasteiger partial charge in [-0.3, -0.25) is 9.79 Å². The zero-order valence-corrected chi connectivity index (χ0v) is 9.58. The van der Waals surface area contributed by atoms with E-state index in [0.29, 0.717) is 5.56 Å². The van der Waals surface area contributed by atoms with E-state index in [0.717, 1.165) is 16.8 Å². The smallest absolute Gasteiger partial charge is 0.250 e. The predicted molar refractivity (Wildman–Crippen MR) is 71.7 cm³/mol. The number of amides is 1. The van der Waals surface area contributed by atoms with Crippen LogP contribution >= 0.6 is 0 Å². The molecular weight excluding hydrogens is 226 g/mol. The van der Waals surface area contributed by atoms with Crippen LogP contribution in [0.2, 0.25) is 0 Å². The van der Waals surface area contributed by atoms with Gasteiger partial charge in [0.05, 0.1) is 11.3 Å². The molecule has 2 N–H and O–H groups in total. The highest BCUT2D eigenvalue weighted by molar-refractivity contribution is 6.20. The highest BCUT2D eigenvalue weighted by atomic mass is 16.1. The lowest BCUT2D eigenvalue weighted by atomic mass is 10.1. The number of primary amides is 1. The number of aliphatic imine (C=N–C) groups is 1. The van der Waals surface area contributed by atoms with Crippen molar-refractivity contribution in [1.82, 2.24) is 4.57 Å². The Kier molecular flexibility index (Phi) is 2.34. The summed E-state index contributed by atoms with van der Waals surface area (Å²) >= 11 is 0. The summed E-state index contributed by atoms with van der Waals surface area (Å²) in [4.78, 5) is 15.3. The van der Waals surface area contributed by atoms with Gasteiger partial charge in [-0.25, -0.2) is 0 Å². The van der Waals surface area contributed by atoms with Crippen LogP contribution in [0.1, 0.15) is 15.9 Å². The number of nitrogens with zero attached hydrogens (tertiary/aromatic N) is 2. The lowest BCUT2D eigenvalue weighted by molar-refractivity contribution is 0.100. The van der Waals surface area contributed by atoms with Crippen molar-refractivity contribution in [2.75, 3.05) is 0 Å². The number of carbonyl (C=O) groups is 1. The van der Waals surface area contributed by atoms with E-state index in [9.17, 15) is 4.79 Å². The lowest BCUT2D eigenvalue weighted by Crippen LogP contribution is -2.09. The molecule has 0 aliphatic carbocycles. The molecule has 0 spiro atoms. The molecule has 1 aliphatic heterocycles. The lowest BCUT2D eigenvalue weighted by Gasteiger charge is -1.99. The molecule has 0 saturated heterocycles. The number of hydrogen-bond acceptors (Lipinski definition) is 2. The Morgan fingerprint density at radius 1 is 1.28 bits per heavy atom. The predicted octanol–water partition coefficient (Wildman–Crippen LogP) is 2.30. The fourth-order valence-corrected chi connectivity index (χ4v) is 1.94. The quantitative estimate of drug-likeness (QED) is 0.855. The minimum atomic E-state index is -0.423. The van der Waals surface area contributed by atoms with Crippen molar-refractivity contribution in [3.63, 3.8) is 0 Å². The van der Waals surface area contributed by atoms with Crippen LogP contribution in [-0.2, 0) is 0 Å². The van der Waals surface area contributed by atoms with E-state index in [1.54, 1.807) is 18.5 Å². The number of aromatic nitrogens is 1. The molecule has 0 atom stereocenters. The van der Waals surface area contributed by atoms with Crippen LogP contribution in [0.15, 0.2) is 47.7 Å². The molecule has 2 aromatic rings. The van der Waals surface area contributed by atoms with Gasteiger partial charge in [0.2, 0.25) is 5.91 Å². The molecule has 0 bridgehead atoms. The Morgan fingerprint density at radius 3 is 2.89 bits per heavy atom. The van der Waals surface area contributed by atoms with E-state index in [4.69, 9.17) is 5.73 Å². The van der Waals surface area contributed by atoms with Gasteiger partial charge in [-0.15, -0.1) is 0 Å². The van der Waals surface area contributed by atoms with E-state index >= 15 is 0 Å². The molecule has 2 heterocycles. The first-order valence-corrected chi connectivity index (χ1v) is 5.56. The SMILES string of the molecule is NC(=O)c1ccn(C=C2C=Nc3ccccc32)c1. The van der Waals surface area contributed by atoms with Gasteiger partial charge in [0, 0.05) is 35.9 Å². The second kappa shape index (κ2) is 4.00. The maximum Gasteiger partial charge on any atom is 0.250 e. The van der Waals surface area contributed by atoms with Crippen molar-refractivity contribution in [3.8, 4) is 0 Å². The van der Waals surface area contributed by atoms with Gasteiger partial charge in [0.15, 0.2) is 0 Å². The molecule has 4 nitrogen and oxygen atoms in total. The second-order valence-corrected chi connectivity index (χ2v) is 4.07. The standard InChI is InChI=1S/C14H11N3O/c15-14(18)10-5-6-17(8-10)9-11-7-16-13-4-2-1-3-12(11)13/h1-9H,(H2,15,18). The van der Waals surface area contributed by atoms with Crippen molar-refractivity contribution < 1.29 is 4.79 Å². The molecule has 4 heteroatoms. The maximum atomic E-state index is 11.0. The summed E-state index contributed by atoms with van der Waals surface area (Å²) in [5.41, 5.74) is 8.77. The number of benzene rings is 1. The molecule has 3 rings (SSSR count). The highest BCUT2D eigenvalue weighted by Gasteiger charge is 2.11. The Hall–Kier alpha value is -2.62. The fourth-order valence-electron chi connectivity index (χ4n) is 1.94. The number of hydrogen-bond donors (Lipinski definition) is 1. The zero-order valence-electron chi connectivity index (χ0n) is 9.58. The maximum absolute atomic E-state index is 11.0. The van der Waals surface area contributed by atoms with Gasteiger partial charge in [0.25, 0.3) is 0 Å². The first kappa shape index (κ1) is 10.5. The average molecular weight is 237 g/mol. The van der Waals surface area contributed by atoms with Crippen molar-refractivity contribution in [2.45, 2.75) is 0 Å². The summed E-state index contributed by atoms with van der Waals surface area (Å²) in [6.07, 6.45) is 7.22. The molecule has 18 heavy (non-hydrogen) atoms. The zero-order chi connectivity index (χ0) is 12.5. The topological polar surface area (TPSA) is 60.4 Å². The molecule has 0 saturated carbocycles. The largest absolute Gasteiger partial charge is 0.366 e. The number of allylic oxidation sites excluding steroid dienone is 1. The molecule has 88 valence electrons. The van der Waals surface area contributed by atoms with Crippen LogP contribution in [-0.4, -0.2) is 16.7 Å². The summed E-state index contributed by atoms with van der Waals surface area (Å²) in [7, 11) is 0. The third-order valence-electron chi connectivity index (χ3n) is 2.84. The van der Waals surface area contributed by atoms with Gasteiger partial charge in [0.1, 0.15) is 0 Å². The summed E-state index contributed by atoms with van der Waals surface area (Å²) in [6, 6.07) is 9.62. The van der Waals surface area contributed by atoms with Crippen molar-refractivity contribution in [2.24, 2.45) is 10.7 Å². The fraction of sp³-hybridized carbons (Fsp3) is 0. The molecule has 0 unspecified atom stereocenters. The van der Waals surface area contributed by atoms with Crippen molar-refractivity contribution >= 4 is 29.6 Å². The van der Waals surface area contributed by atoms with Gasteiger partial charge >= 0.3 is 0 Å². The number of para-hydroxylation sites is 1. The number of carbonyl (C=O) groups excluding carboxylic acids is 1. The molecular formula is C14H11N3O. The van der Waals surface area contributed by atoms with Crippen LogP contribution in [0.4, 0.5) is 5.69 Å². The van der Waals surface area contributed by atoms with Crippen molar-refractivity contribution in [1.29, 1.82) is 0 Å². The van der Waals surface area contributed by atoms with Gasteiger partial charge < -0.3 is 10.3 Å². The van der Waals surface area contributed by atoms with E-state index in [2.05, 4.69) is 4.99 Å². The van der Waals surface area contributed by atoms with Crippen LogP contribution in [0, 0.1) is 0 Å². The number of fused-ring (bicyclic) bond motifs is 1. The molecule has 1 aromatic carbocycles. The van der Waals surface area contributed by atoms with E-state index in [1.165, 1.54) is 0 Å². The van der Waals surface area contributed by atoms with Crippen LogP contribution < -0.4 is 5.73 Å². The molecule has 0 radical (unpaired) electrons. The van der Waals surface area contributed by atoms with Gasteiger partial charge in [-0.2, -0.15) is 0 Å². The third kappa shape index (κ3) is 1.73. The molecule has 1 amide bonds. The molecule has 0 fully saturated rings. The molecule has 1 aromatic heterocycles. The van der Waals surface area contributed by atoms with E-state index < -0.39 is 5.91 Å². The summed E-state index contributed by atoms with van der Waals surface area (Å²) < 4.78 is 1.81.